The van der Waals surface area contributed by atoms with Crippen molar-refractivity contribution in [2.75, 3.05) is 13.2 Å². The third kappa shape index (κ3) is 4.13. The first kappa shape index (κ1) is 15.7. The van der Waals surface area contributed by atoms with Gasteiger partial charge in [-0.05, 0) is 38.0 Å². The van der Waals surface area contributed by atoms with Gasteiger partial charge in [0.05, 0.1) is 13.2 Å². The molecule has 0 unspecified atom stereocenters. The van der Waals surface area contributed by atoms with Crippen LogP contribution >= 0.6 is 0 Å². The van der Waals surface area contributed by atoms with Crippen LogP contribution in [-0.2, 0) is 0 Å². The van der Waals surface area contributed by atoms with Gasteiger partial charge < -0.3 is 9.47 Å². The van der Waals surface area contributed by atoms with Gasteiger partial charge in [-0.1, -0.05) is 44.4 Å². The fourth-order valence-corrected chi connectivity index (χ4v) is 2.31. The molecule has 0 fully saturated rings. The van der Waals surface area contributed by atoms with Crippen molar-refractivity contribution < 1.29 is 9.47 Å². The molecule has 0 spiro atoms. The Bertz CT molecular complexity index is 575. The Hall–Kier alpha value is -1.70. The number of hydrogen-bond donors (Lipinski definition) is 0. The van der Waals surface area contributed by atoms with Crippen molar-refractivity contribution in [2.45, 2.75) is 46.5 Å². The number of unbranched alkanes of at least 4 members (excludes halogenated alkanes) is 2. The van der Waals surface area contributed by atoms with Gasteiger partial charge in [0.15, 0.2) is 0 Å². The van der Waals surface area contributed by atoms with Gasteiger partial charge in [-0.2, -0.15) is 0 Å². The smallest absolute Gasteiger partial charge is 0.127 e. The highest BCUT2D eigenvalue weighted by atomic mass is 16.5. The third-order valence-corrected chi connectivity index (χ3v) is 3.60. The molecule has 0 N–H and O–H groups in total. The normalized spacial score (nSPS) is 10.8. The van der Waals surface area contributed by atoms with Crippen LogP contribution in [-0.4, -0.2) is 13.2 Å². The fraction of sp³-hybridized carbons (Fsp3) is 0.474. The fourth-order valence-electron chi connectivity index (χ4n) is 2.31. The largest absolute Gasteiger partial charge is 0.493 e. The highest BCUT2D eigenvalue weighted by Gasteiger charge is 2.08. The molecule has 0 saturated heterocycles. The van der Waals surface area contributed by atoms with E-state index in [1.807, 2.05) is 12.1 Å². The lowest BCUT2D eigenvalue weighted by Gasteiger charge is -2.14. The van der Waals surface area contributed by atoms with Crippen molar-refractivity contribution in [3.63, 3.8) is 0 Å². The number of rotatable bonds is 8. The lowest BCUT2D eigenvalue weighted by Crippen LogP contribution is -2.00. The van der Waals surface area contributed by atoms with E-state index in [-0.39, 0.29) is 0 Å². The van der Waals surface area contributed by atoms with Gasteiger partial charge >= 0.3 is 0 Å². The number of hydrogen-bond acceptors (Lipinski definition) is 2. The molecule has 2 nitrogen and oxygen atoms in total. The number of ether oxygens (including phenoxy) is 2. The molecule has 0 aliphatic carbocycles. The van der Waals surface area contributed by atoms with Crippen molar-refractivity contribution in [3.8, 4) is 11.5 Å². The Morgan fingerprint density at radius 3 is 1.90 bits per heavy atom. The quantitative estimate of drug-likeness (QED) is 0.596. The van der Waals surface area contributed by atoms with Crippen LogP contribution in [0.4, 0.5) is 0 Å². The summed E-state index contributed by atoms with van der Waals surface area (Å²) in [7, 11) is 0. The van der Waals surface area contributed by atoms with Gasteiger partial charge in [-0.15, -0.1) is 0 Å². The Morgan fingerprint density at radius 2 is 1.33 bits per heavy atom. The molecule has 0 amide bonds. The molecule has 0 radical (unpaired) electrons. The molecule has 2 rings (SSSR count). The molecule has 0 atom stereocenters. The van der Waals surface area contributed by atoms with E-state index in [1.54, 1.807) is 0 Å². The first-order chi connectivity index (χ1) is 10.3. The molecule has 0 aliphatic rings. The molecule has 0 saturated carbocycles. The second-order valence-corrected chi connectivity index (χ2v) is 5.51. The Labute approximate surface area is 128 Å². The SMILES string of the molecule is CCCCOc1ccc(OCCCC)c2cc(C)ccc12. The van der Waals surface area contributed by atoms with E-state index >= 15 is 0 Å². The van der Waals surface area contributed by atoms with Crippen LogP contribution in [0.1, 0.15) is 45.1 Å². The zero-order valence-corrected chi connectivity index (χ0v) is 13.4. The van der Waals surface area contributed by atoms with Crippen LogP contribution in [0.2, 0.25) is 0 Å². The predicted octanol–water partition coefficient (Wildman–Crippen LogP) is 5.51. The molecule has 2 aromatic carbocycles. The number of fused-ring (bicyclic) bond motifs is 1. The summed E-state index contributed by atoms with van der Waals surface area (Å²) >= 11 is 0. The summed E-state index contributed by atoms with van der Waals surface area (Å²) in [6, 6.07) is 10.5. The minimum Gasteiger partial charge on any atom is -0.493 e. The average molecular weight is 286 g/mol. The van der Waals surface area contributed by atoms with E-state index < -0.39 is 0 Å². The molecule has 0 heterocycles. The third-order valence-electron chi connectivity index (χ3n) is 3.60. The van der Waals surface area contributed by atoms with Crippen molar-refractivity contribution in [1.82, 2.24) is 0 Å². The predicted molar refractivity (Wildman–Crippen MR) is 89.5 cm³/mol. The minimum absolute atomic E-state index is 0.773. The maximum Gasteiger partial charge on any atom is 0.127 e. The minimum atomic E-state index is 0.773. The highest BCUT2D eigenvalue weighted by molar-refractivity contribution is 5.93. The van der Waals surface area contributed by atoms with E-state index in [0.717, 1.165) is 61.2 Å². The van der Waals surface area contributed by atoms with Gasteiger partial charge in [-0.3, -0.25) is 0 Å². The van der Waals surface area contributed by atoms with Crippen LogP contribution in [0.5, 0.6) is 11.5 Å². The summed E-state index contributed by atoms with van der Waals surface area (Å²) in [4.78, 5) is 0. The van der Waals surface area contributed by atoms with E-state index in [1.165, 1.54) is 5.56 Å². The van der Waals surface area contributed by atoms with Crippen molar-refractivity contribution in [2.24, 2.45) is 0 Å². The topological polar surface area (TPSA) is 18.5 Å². The monoisotopic (exact) mass is 286 g/mol. The van der Waals surface area contributed by atoms with Gasteiger partial charge in [-0.25, -0.2) is 0 Å². The standard InChI is InChI=1S/C19H26O2/c1-4-6-12-20-18-10-11-19(21-13-7-5-2)17-14-15(3)8-9-16(17)18/h8-11,14H,4-7,12-13H2,1-3H3. The van der Waals surface area contributed by atoms with Crippen LogP contribution in [0.25, 0.3) is 10.8 Å². The molecule has 0 aliphatic heterocycles. The van der Waals surface area contributed by atoms with E-state index in [0.29, 0.717) is 0 Å². The molecule has 0 bridgehead atoms. The zero-order chi connectivity index (χ0) is 15.1. The Morgan fingerprint density at radius 1 is 0.762 bits per heavy atom. The second kappa shape index (κ2) is 7.92. The maximum atomic E-state index is 5.94. The Kier molecular flexibility index (Phi) is 5.91. The van der Waals surface area contributed by atoms with Gasteiger partial charge in [0, 0.05) is 10.8 Å². The summed E-state index contributed by atoms with van der Waals surface area (Å²) in [5.41, 5.74) is 1.24. The molecule has 2 aromatic rings. The molecule has 114 valence electrons. The number of benzene rings is 2. The van der Waals surface area contributed by atoms with Crippen molar-refractivity contribution >= 4 is 10.8 Å². The first-order valence-electron chi connectivity index (χ1n) is 8.05. The molecule has 21 heavy (non-hydrogen) atoms. The van der Waals surface area contributed by atoms with Crippen LogP contribution < -0.4 is 9.47 Å². The maximum absolute atomic E-state index is 5.94. The van der Waals surface area contributed by atoms with E-state index in [2.05, 4.69) is 39.0 Å². The summed E-state index contributed by atoms with van der Waals surface area (Å²) in [5, 5.41) is 2.30. The van der Waals surface area contributed by atoms with Crippen LogP contribution in [0.3, 0.4) is 0 Å². The van der Waals surface area contributed by atoms with Crippen LogP contribution in [0, 0.1) is 6.92 Å². The molecular formula is C19H26O2. The van der Waals surface area contributed by atoms with E-state index in [4.69, 9.17) is 9.47 Å². The van der Waals surface area contributed by atoms with Gasteiger partial charge in [0.2, 0.25) is 0 Å². The van der Waals surface area contributed by atoms with Crippen LogP contribution in [0.15, 0.2) is 30.3 Å². The number of aryl methyl sites for hydroxylation is 1. The van der Waals surface area contributed by atoms with Crippen molar-refractivity contribution in [1.29, 1.82) is 0 Å². The van der Waals surface area contributed by atoms with Gasteiger partial charge in [0.1, 0.15) is 11.5 Å². The lowest BCUT2D eigenvalue weighted by molar-refractivity contribution is 0.306. The second-order valence-electron chi connectivity index (χ2n) is 5.51. The van der Waals surface area contributed by atoms with E-state index in [9.17, 15) is 0 Å². The molecular weight excluding hydrogens is 260 g/mol. The highest BCUT2D eigenvalue weighted by Crippen LogP contribution is 2.34. The zero-order valence-electron chi connectivity index (χ0n) is 13.4. The first-order valence-corrected chi connectivity index (χ1v) is 8.05. The summed E-state index contributed by atoms with van der Waals surface area (Å²) in [5.74, 6) is 1.92. The lowest BCUT2D eigenvalue weighted by atomic mass is 10.1. The summed E-state index contributed by atoms with van der Waals surface area (Å²) < 4.78 is 11.9. The Balaban J connectivity index is 2.29. The molecule has 0 aromatic heterocycles. The summed E-state index contributed by atoms with van der Waals surface area (Å²) in [6.45, 7) is 8.01. The summed E-state index contributed by atoms with van der Waals surface area (Å²) in [6.07, 6.45) is 4.47. The average Bonchev–Trinajstić information content (AvgIpc) is 2.49. The van der Waals surface area contributed by atoms with Crippen molar-refractivity contribution in [3.05, 3.63) is 35.9 Å². The van der Waals surface area contributed by atoms with Gasteiger partial charge in [0.25, 0.3) is 0 Å². The molecule has 2 heteroatoms.